The first-order chi connectivity index (χ1) is 7.11. The lowest BCUT2D eigenvalue weighted by atomic mass is 10.2. The van der Waals surface area contributed by atoms with E-state index in [1.165, 1.54) is 6.20 Å². The van der Waals surface area contributed by atoms with Crippen LogP contribution in [0.4, 0.5) is 0 Å². The maximum Gasteiger partial charge on any atom is 0.256 e. The Morgan fingerprint density at radius 3 is 3.00 bits per heavy atom. The summed E-state index contributed by atoms with van der Waals surface area (Å²) in [7, 11) is 0. The molecule has 84 valence electrons. The monoisotopic (exact) mass is 212 g/mol. The van der Waals surface area contributed by atoms with Gasteiger partial charge in [-0.1, -0.05) is 5.16 Å². The lowest BCUT2D eigenvalue weighted by Crippen LogP contribution is -2.25. The second kappa shape index (κ2) is 5.50. The number of rotatable bonds is 5. The highest BCUT2D eigenvalue weighted by atomic mass is 16.5. The average Bonchev–Trinajstić information content (AvgIpc) is 2.58. The molecule has 15 heavy (non-hydrogen) atoms. The Morgan fingerprint density at radius 1 is 1.73 bits per heavy atom. The van der Waals surface area contributed by atoms with Crippen molar-refractivity contribution < 1.29 is 14.4 Å². The third kappa shape index (κ3) is 3.71. The molecule has 0 radical (unpaired) electrons. The van der Waals surface area contributed by atoms with Gasteiger partial charge < -0.3 is 14.9 Å². The third-order valence-corrected chi connectivity index (χ3v) is 2.08. The van der Waals surface area contributed by atoms with Gasteiger partial charge in [0.15, 0.2) is 0 Å². The van der Waals surface area contributed by atoms with Gasteiger partial charge in [0.2, 0.25) is 0 Å². The van der Waals surface area contributed by atoms with Crippen LogP contribution in [-0.4, -0.2) is 28.8 Å². The Balaban J connectivity index is 2.28. The van der Waals surface area contributed by atoms with E-state index in [1.54, 1.807) is 13.8 Å². The molecule has 1 aromatic heterocycles. The molecule has 1 atom stereocenters. The van der Waals surface area contributed by atoms with Crippen molar-refractivity contribution in [2.45, 2.75) is 32.8 Å². The fourth-order valence-corrected chi connectivity index (χ4v) is 1.21. The zero-order chi connectivity index (χ0) is 11.3. The van der Waals surface area contributed by atoms with Gasteiger partial charge in [-0.15, -0.1) is 0 Å². The van der Waals surface area contributed by atoms with Gasteiger partial charge in [0, 0.05) is 6.54 Å². The van der Waals surface area contributed by atoms with E-state index >= 15 is 0 Å². The molecular weight excluding hydrogens is 196 g/mol. The molecule has 1 heterocycles. The first kappa shape index (κ1) is 11.7. The second-order valence-corrected chi connectivity index (χ2v) is 3.54. The molecule has 0 aliphatic heterocycles. The predicted molar refractivity (Wildman–Crippen MR) is 54.5 cm³/mol. The summed E-state index contributed by atoms with van der Waals surface area (Å²) < 4.78 is 4.78. The van der Waals surface area contributed by atoms with Crippen LogP contribution in [0.1, 0.15) is 35.9 Å². The molecule has 0 saturated heterocycles. The van der Waals surface area contributed by atoms with Crippen LogP contribution in [-0.2, 0) is 0 Å². The zero-order valence-electron chi connectivity index (χ0n) is 8.99. The highest BCUT2D eigenvalue weighted by Gasteiger charge is 2.11. The van der Waals surface area contributed by atoms with Crippen LogP contribution in [0.3, 0.4) is 0 Å². The van der Waals surface area contributed by atoms with Crippen LogP contribution in [0.15, 0.2) is 10.7 Å². The van der Waals surface area contributed by atoms with E-state index < -0.39 is 0 Å². The molecule has 0 fully saturated rings. The topological polar surface area (TPSA) is 75.4 Å². The number of amides is 1. The zero-order valence-corrected chi connectivity index (χ0v) is 8.99. The Morgan fingerprint density at radius 2 is 2.47 bits per heavy atom. The Bertz CT molecular complexity index is 320. The van der Waals surface area contributed by atoms with Gasteiger partial charge in [-0.05, 0) is 26.7 Å². The van der Waals surface area contributed by atoms with Gasteiger partial charge in [0.1, 0.15) is 11.3 Å². The highest BCUT2D eigenvalue weighted by molar-refractivity contribution is 5.94. The number of hydrogen-bond acceptors (Lipinski definition) is 4. The number of hydrogen-bond donors (Lipinski definition) is 2. The normalized spacial score (nSPS) is 12.5. The first-order valence-corrected chi connectivity index (χ1v) is 4.99. The molecule has 5 nitrogen and oxygen atoms in total. The number of carbonyl (C=O) groups excluding carboxylic acids is 1. The van der Waals surface area contributed by atoms with Crippen LogP contribution >= 0.6 is 0 Å². The van der Waals surface area contributed by atoms with Gasteiger partial charge in [0.05, 0.1) is 12.3 Å². The van der Waals surface area contributed by atoms with Crippen molar-refractivity contribution >= 4 is 5.91 Å². The van der Waals surface area contributed by atoms with E-state index in [0.717, 1.165) is 6.42 Å². The molecule has 1 amide bonds. The van der Waals surface area contributed by atoms with E-state index in [9.17, 15) is 4.79 Å². The van der Waals surface area contributed by atoms with Crippen molar-refractivity contribution in [3.05, 3.63) is 17.5 Å². The summed E-state index contributed by atoms with van der Waals surface area (Å²) in [6.45, 7) is 3.97. The fourth-order valence-electron chi connectivity index (χ4n) is 1.21. The van der Waals surface area contributed by atoms with Crippen LogP contribution in [0.5, 0.6) is 0 Å². The maximum absolute atomic E-state index is 11.5. The van der Waals surface area contributed by atoms with Crippen molar-refractivity contribution in [2.75, 3.05) is 6.54 Å². The number of nitrogens with zero attached hydrogens (tertiary/aromatic N) is 1. The van der Waals surface area contributed by atoms with Crippen molar-refractivity contribution in [3.8, 4) is 0 Å². The fraction of sp³-hybridized carbons (Fsp3) is 0.600. The summed E-state index contributed by atoms with van der Waals surface area (Å²) in [4.78, 5) is 11.5. The summed E-state index contributed by atoms with van der Waals surface area (Å²) >= 11 is 0. The van der Waals surface area contributed by atoms with Gasteiger partial charge >= 0.3 is 0 Å². The molecule has 0 bridgehead atoms. The molecule has 0 aliphatic carbocycles. The minimum atomic E-state index is -0.320. The number of carbonyl (C=O) groups is 1. The Labute approximate surface area is 88.5 Å². The standard InChI is InChI=1S/C10H16N2O3/c1-7(13)4-3-5-11-10(14)9-6-12-15-8(9)2/h6-7,13H,3-5H2,1-2H3,(H,11,14). The van der Waals surface area contributed by atoms with Crippen molar-refractivity contribution in [1.82, 2.24) is 10.5 Å². The average molecular weight is 212 g/mol. The minimum absolute atomic E-state index is 0.181. The number of nitrogens with one attached hydrogen (secondary N) is 1. The van der Waals surface area contributed by atoms with Crippen molar-refractivity contribution in [3.63, 3.8) is 0 Å². The summed E-state index contributed by atoms with van der Waals surface area (Å²) in [6, 6.07) is 0. The highest BCUT2D eigenvalue weighted by Crippen LogP contribution is 2.05. The van der Waals surface area contributed by atoms with E-state index in [2.05, 4.69) is 10.5 Å². The van der Waals surface area contributed by atoms with Crippen LogP contribution in [0.2, 0.25) is 0 Å². The predicted octanol–water partition coefficient (Wildman–Crippen LogP) is 0.874. The molecule has 2 N–H and O–H groups in total. The van der Waals surface area contributed by atoms with E-state index in [4.69, 9.17) is 9.63 Å². The summed E-state index contributed by atoms with van der Waals surface area (Å²) in [5.41, 5.74) is 0.465. The number of aromatic nitrogens is 1. The van der Waals surface area contributed by atoms with Crippen LogP contribution in [0.25, 0.3) is 0 Å². The summed E-state index contributed by atoms with van der Waals surface area (Å²) in [6.07, 6.45) is 2.52. The second-order valence-electron chi connectivity index (χ2n) is 3.54. The number of aliphatic hydroxyl groups excluding tert-OH is 1. The Kier molecular flexibility index (Phi) is 4.30. The van der Waals surface area contributed by atoms with Crippen LogP contribution < -0.4 is 5.32 Å². The van der Waals surface area contributed by atoms with E-state index in [0.29, 0.717) is 24.3 Å². The number of aliphatic hydroxyl groups is 1. The lowest BCUT2D eigenvalue weighted by molar-refractivity contribution is 0.0948. The van der Waals surface area contributed by atoms with Gasteiger partial charge in [-0.3, -0.25) is 4.79 Å². The van der Waals surface area contributed by atoms with Gasteiger partial charge in [0.25, 0.3) is 5.91 Å². The van der Waals surface area contributed by atoms with Crippen molar-refractivity contribution in [1.29, 1.82) is 0 Å². The minimum Gasteiger partial charge on any atom is -0.393 e. The molecule has 1 aromatic rings. The largest absolute Gasteiger partial charge is 0.393 e. The molecule has 0 spiro atoms. The molecule has 1 unspecified atom stereocenters. The molecule has 0 aromatic carbocycles. The molecular formula is C10H16N2O3. The van der Waals surface area contributed by atoms with E-state index in [1.807, 2.05) is 0 Å². The molecule has 0 aliphatic rings. The molecule has 1 rings (SSSR count). The summed E-state index contributed by atoms with van der Waals surface area (Å²) in [5.74, 6) is 0.336. The smallest absolute Gasteiger partial charge is 0.256 e. The quantitative estimate of drug-likeness (QED) is 0.710. The third-order valence-electron chi connectivity index (χ3n) is 2.08. The van der Waals surface area contributed by atoms with Crippen molar-refractivity contribution in [2.24, 2.45) is 0 Å². The molecule has 0 saturated carbocycles. The van der Waals surface area contributed by atoms with Crippen LogP contribution in [0, 0.1) is 6.92 Å². The van der Waals surface area contributed by atoms with Gasteiger partial charge in [-0.2, -0.15) is 0 Å². The van der Waals surface area contributed by atoms with Gasteiger partial charge in [-0.25, -0.2) is 0 Å². The summed E-state index contributed by atoms with van der Waals surface area (Å²) in [5, 5.41) is 15.3. The Hall–Kier alpha value is -1.36. The first-order valence-electron chi connectivity index (χ1n) is 4.99. The number of aryl methyl sites for hydroxylation is 1. The molecule has 5 heteroatoms. The van der Waals surface area contributed by atoms with E-state index in [-0.39, 0.29) is 12.0 Å². The maximum atomic E-state index is 11.5. The lowest BCUT2D eigenvalue weighted by Gasteiger charge is -2.05. The SMILES string of the molecule is Cc1oncc1C(=O)NCCCC(C)O.